The zero-order valence-corrected chi connectivity index (χ0v) is 11.3. The standard InChI is InChI=1S/C17H13N3O/c18-11-14-7-4-8-16(10-14)20-17(21)15(12-19)9-13-5-2-1-3-6-13/h1-8,10,15H,9H2,(H,20,21). The van der Waals surface area contributed by atoms with Crippen molar-refractivity contribution in [2.45, 2.75) is 6.42 Å². The van der Waals surface area contributed by atoms with Gasteiger partial charge in [0.15, 0.2) is 0 Å². The van der Waals surface area contributed by atoms with Crippen LogP contribution in [0.25, 0.3) is 0 Å². The van der Waals surface area contributed by atoms with E-state index in [4.69, 9.17) is 5.26 Å². The second-order valence-corrected chi connectivity index (χ2v) is 4.55. The van der Waals surface area contributed by atoms with Gasteiger partial charge in [-0.05, 0) is 30.2 Å². The molecule has 0 saturated carbocycles. The van der Waals surface area contributed by atoms with Crippen molar-refractivity contribution < 1.29 is 4.79 Å². The third kappa shape index (κ3) is 3.92. The average Bonchev–Trinajstić information content (AvgIpc) is 2.53. The van der Waals surface area contributed by atoms with Crippen molar-refractivity contribution in [3.8, 4) is 12.1 Å². The van der Waals surface area contributed by atoms with Gasteiger partial charge in [0.25, 0.3) is 0 Å². The van der Waals surface area contributed by atoms with E-state index in [1.807, 2.05) is 42.5 Å². The molecule has 0 aromatic heterocycles. The summed E-state index contributed by atoms with van der Waals surface area (Å²) in [7, 11) is 0. The van der Waals surface area contributed by atoms with Crippen molar-refractivity contribution in [3.05, 3.63) is 65.7 Å². The zero-order valence-electron chi connectivity index (χ0n) is 11.3. The third-order valence-corrected chi connectivity index (χ3v) is 3.01. The molecule has 2 aromatic carbocycles. The second kappa shape index (κ2) is 6.88. The summed E-state index contributed by atoms with van der Waals surface area (Å²) in [5, 5.41) is 20.7. The lowest BCUT2D eigenvalue weighted by molar-refractivity contribution is -0.118. The maximum Gasteiger partial charge on any atom is 0.242 e. The van der Waals surface area contributed by atoms with E-state index >= 15 is 0 Å². The van der Waals surface area contributed by atoms with E-state index in [9.17, 15) is 10.1 Å². The predicted octanol–water partition coefficient (Wildman–Crippen LogP) is 2.88. The minimum atomic E-state index is -0.766. The number of carbonyl (C=O) groups is 1. The first-order valence-electron chi connectivity index (χ1n) is 6.47. The first kappa shape index (κ1) is 14.3. The molecule has 1 N–H and O–H groups in total. The van der Waals surface area contributed by atoms with Crippen LogP contribution >= 0.6 is 0 Å². The third-order valence-electron chi connectivity index (χ3n) is 3.01. The van der Waals surface area contributed by atoms with Crippen LogP contribution in [-0.4, -0.2) is 5.91 Å². The molecule has 0 spiro atoms. The molecule has 0 fully saturated rings. The predicted molar refractivity (Wildman–Crippen MR) is 79.0 cm³/mol. The lowest BCUT2D eigenvalue weighted by atomic mass is 10.00. The summed E-state index contributed by atoms with van der Waals surface area (Å²) in [6, 6.07) is 20.0. The molecule has 4 heteroatoms. The van der Waals surface area contributed by atoms with Crippen molar-refractivity contribution in [3.63, 3.8) is 0 Å². The van der Waals surface area contributed by atoms with Gasteiger partial charge in [-0.25, -0.2) is 0 Å². The second-order valence-electron chi connectivity index (χ2n) is 4.55. The molecule has 0 aliphatic heterocycles. The van der Waals surface area contributed by atoms with Crippen LogP contribution in [0.3, 0.4) is 0 Å². The molecule has 4 nitrogen and oxygen atoms in total. The summed E-state index contributed by atoms with van der Waals surface area (Å²) in [4.78, 5) is 12.1. The number of anilines is 1. The van der Waals surface area contributed by atoms with Crippen molar-refractivity contribution in [1.82, 2.24) is 0 Å². The van der Waals surface area contributed by atoms with Gasteiger partial charge in [0, 0.05) is 5.69 Å². The van der Waals surface area contributed by atoms with Gasteiger partial charge in [-0.3, -0.25) is 4.79 Å². The number of nitriles is 2. The number of carbonyl (C=O) groups excluding carboxylic acids is 1. The number of nitrogens with one attached hydrogen (secondary N) is 1. The van der Waals surface area contributed by atoms with E-state index in [-0.39, 0.29) is 5.91 Å². The van der Waals surface area contributed by atoms with Crippen molar-refractivity contribution in [1.29, 1.82) is 10.5 Å². The Balaban J connectivity index is 2.07. The Hall–Kier alpha value is -3.11. The van der Waals surface area contributed by atoms with Gasteiger partial charge in [-0.2, -0.15) is 10.5 Å². The monoisotopic (exact) mass is 275 g/mol. The Morgan fingerprint density at radius 3 is 2.52 bits per heavy atom. The highest BCUT2D eigenvalue weighted by Crippen LogP contribution is 2.14. The van der Waals surface area contributed by atoms with Gasteiger partial charge in [0.2, 0.25) is 5.91 Å². The van der Waals surface area contributed by atoms with Crippen LogP contribution in [-0.2, 0) is 11.2 Å². The van der Waals surface area contributed by atoms with Gasteiger partial charge in [0.05, 0.1) is 17.7 Å². The molecule has 21 heavy (non-hydrogen) atoms. The van der Waals surface area contributed by atoms with E-state index in [0.717, 1.165) is 5.56 Å². The van der Waals surface area contributed by atoms with E-state index in [0.29, 0.717) is 17.7 Å². The molecule has 102 valence electrons. The quantitative estimate of drug-likeness (QED) is 0.932. The fraction of sp³-hybridized carbons (Fsp3) is 0.118. The van der Waals surface area contributed by atoms with Crippen LogP contribution in [0.4, 0.5) is 5.69 Å². The Bertz CT molecular complexity index is 711. The normalized spacial score (nSPS) is 11.0. The molecule has 0 radical (unpaired) electrons. The van der Waals surface area contributed by atoms with Crippen LogP contribution in [0.1, 0.15) is 11.1 Å². The molecule has 0 heterocycles. The molecule has 0 aliphatic carbocycles. The first-order chi connectivity index (χ1) is 10.2. The van der Waals surface area contributed by atoms with Crippen LogP contribution < -0.4 is 5.32 Å². The summed E-state index contributed by atoms with van der Waals surface area (Å²) in [5.74, 6) is -1.13. The molecule has 2 rings (SSSR count). The molecule has 1 amide bonds. The number of amides is 1. The number of benzene rings is 2. The minimum absolute atomic E-state index is 0.362. The van der Waals surface area contributed by atoms with E-state index in [1.165, 1.54) is 0 Å². The molecule has 0 aliphatic rings. The highest BCUT2D eigenvalue weighted by atomic mass is 16.1. The molecule has 1 atom stereocenters. The zero-order chi connectivity index (χ0) is 15.1. The maximum absolute atomic E-state index is 12.1. The minimum Gasteiger partial charge on any atom is -0.325 e. The van der Waals surface area contributed by atoms with Crippen LogP contribution in [0.2, 0.25) is 0 Å². The van der Waals surface area contributed by atoms with Gasteiger partial charge >= 0.3 is 0 Å². The topological polar surface area (TPSA) is 76.7 Å². The maximum atomic E-state index is 12.1. The van der Waals surface area contributed by atoms with Crippen molar-refractivity contribution >= 4 is 11.6 Å². The Morgan fingerprint density at radius 1 is 1.10 bits per heavy atom. The van der Waals surface area contributed by atoms with Crippen molar-refractivity contribution in [2.24, 2.45) is 5.92 Å². The molecule has 0 saturated heterocycles. The molecule has 0 bridgehead atoms. The highest BCUT2D eigenvalue weighted by Gasteiger charge is 2.18. The van der Waals surface area contributed by atoms with E-state index in [1.54, 1.807) is 24.3 Å². The smallest absolute Gasteiger partial charge is 0.242 e. The fourth-order valence-corrected chi connectivity index (χ4v) is 1.94. The summed E-state index contributed by atoms with van der Waals surface area (Å²) in [6.45, 7) is 0. The first-order valence-corrected chi connectivity index (χ1v) is 6.47. The molecular weight excluding hydrogens is 262 g/mol. The summed E-state index contributed by atoms with van der Waals surface area (Å²) < 4.78 is 0. The van der Waals surface area contributed by atoms with Gasteiger partial charge in [-0.1, -0.05) is 36.4 Å². The fourth-order valence-electron chi connectivity index (χ4n) is 1.94. The lowest BCUT2D eigenvalue weighted by Crippen LogP contribution is -2.23. The van der Waals surface area contributed by atoms with E-state index < -0.39 is 5.92 Å². The van der Waals surface area contributed by atoms with E-state index in [2.05, 4.69) is 5.32 Å². The van der Waals surface area contributed by atoms with Crippen LogP contribution in [0, 0.1) is 28.6 Å². The number of hydrogen-bond donors (Lipinski definition) is 1. The highest BCUT2D eigenvalue weighted by molar-refractivity contribution is 5.94. The molecule has 2 aromatic rings. The number of nitrogens with zero attached hydrogens (tertiary/aromatic N) is 2. The lowest BCUT2D eigenvalue weighted by Gasteiger charge is -2.10. The van der Waals surface area contributed by atoms with Crippen LogP contribution in [0.5, 0.6) is 0 Å². The van der Waals surface area contributed by atoms with Crippen LogP contribution in [0.15, 0.2) is 54.6 Å². The van der Waals surface area contributed by atoms with Gasteiger partial charge < -0.3 is 5.32 Å². The Morgan fingerprint density at radius 2 is 1.86 bits per heavy atom. The van der Waals surface area contributed by atoms with Gasteiger partial charge in [-0.15, -0.1) is 0 Å². The summed E-state index contributed by atoms with van der Waals surface area (Å²) >= 11 is 0. The summed E-state index contributed by atoms with van der Waals surface area (Å²) in [6.07, 6.45) is 0.362. The number of rotatable bonds is 4. The van der Waals surface area contributed by atoms with Gasteiger partial charge in [0.1, 0.15) is 5.92 Å². The average molecular weight is 275 g/mol. The molecule has 1 unspecified atom stereocenters. The summed E-state index contributed by atoms with van der Waals surface area (Å²) in [5.41, 5.74) is 1.92. The Kier molecular flexibility index (Phi) is 4.69. The SMILES string of the molecule is N#Cc1cccc(NC(=O)C(C#N)Cc2ccccc2)c1. The largest absolute Gasteiger partial charge is 0.325 e. The molecular formula is C17H13N3O. The number of hydrogen-bond acceptors (Lipinski definition) is 3. The van der Waals surface area contributed by atoms with Crippen molar-refractivity contribution in [2.75, 3.05) is 5.32 Å². The Labute approximate surface area is 123 Å².